The quantitative estimate of drug-likeness (QED) is 0.176. The fourth-order valence-corrected chi connectivity index (χ4v) is 6.59. The van der Waals surface area contributed by atoms with Crippen LogP contribution in [-0.4, -0.2) is 19.6 Å². The van der Waals surface area contributed by atoms with E-state index < -0.39 is 6.85 Å². The SMILES string of the molecule is [2H]C([2H])([2H])c1ccc(-n2c(-c3ccccc3O)nc3c(-c4[c-]c(-c5ccccn5)c5oc6ccccc6c5c4)cccc32)c(-c2ccccc2)c1.[Pt]. The smallest absolute Gasteiger partial charge is 0.148 e. The van der Waals surface area contributed by atoms with E-state index in [0.29, 0.717) is 22.5 Å². The molecule has 6 aromatic carbocycles. The number of para-hydroxylation sites is 3. The number of aryl methyl sites for hydroxylation is 1. The molecule has 3 heterocycles. The average molecular weight is 817 g/mol. The molecule has 9 rings (SSSR count). The maximum absolute atomic E-state index is 11.2. The van der Waals surface area contributed by atoms with Gasteiger partial charge in [0.1, 0.15) is 17.2 Å². The number of fused-ring (bicyclic) bond motifs is 4. The van der Waals surface area contributed by atoms with Gasteiger partial charge in [-0.15, -0.1) is 17.7 Å². The number of rotatable bonds is 5. The van der Waals surface area contributed by atoms with E-state index in [9.17, 15) is 5.11 Å². The summed E-state index contributed by atoms with van der Waals surface area (Å²) in [5, 5.41) is 13.1. The van der Waals surface area contributed by atoms with Crippen LogP contribution in [0.1, 0.15) is 9.68 Å². The molecule has 0 unspecified atom stereocenters. The zero-order valence-corrected chi connectivity index (χ0v) is 28.1. The molecule has 0 spiro atoms. The second-order valence-corrected chi connectivity index (χ2v) is 11.7. The molecule has 0 radical (unpaired) electrons. The molecule has 0 aliphatic carbocycles. The number of pyridine rings is 1. The summed E-state index contributed by atoms with van der Waals surface area (Å²) in [4.78, 5) is 9.93. The fourth-order valence-electron chi connectivity index (χ4n) is 6.59. The maximum atomic E-state index is 11.2. The minimum atomic E-state index is -2.30. The number of benzene rings is 6. The predicted octanol–water partition coefficient (Wildman–Crippen LogP) is 10.8. The standard InChI is InChI=1S/C43H28N3O2.Pt/c1-27-21-22-37(33(24-27)28-12-3-2-4-13-28)46-38-18-11-16-30(41(38)45-43(46)32-15-5-7-19-39(32)47)29-25-34-31-14-6-8-20-40(31)48-42(34)35(26-29)36-17-9-10-23-44-36;/h2-25,47H,1H3;/q-1;/i1D3;. The van der Waals surface area contributed by atoms with Gasteiger partial charge in [0.05, 0.1) is 27.9 Å². The van der Waals surface area contributed by atoms with Gasteiger partial charge in [-0.05, 0) is 60.3 Å². The molecule has 9 aromatic rings. The maximum Gasteiger partial charge on any atom is 0.148 e. The van der Waals surface area contributed by atoms with Crippen LogP contribution in [0.4, 0.5) is 0 Å². The summed E-state index contributed by atoms with van der Waals surface area (Å²) in [6, 6.07) is 47.5. The van der Waals surface area contributed by atoms with Crippen LogP contribution in [0, 0.1) is 12.9 Å². The Morgan fingerprint density at radius 2 is 1.53 bits per heavy atom. The first kappa shape index (κ1) is 27.2. The van der Waals surface area contributed by atoms with Gasteiger partial charge in [-0.2, -0.15) is 0 Å². The number of phenols is 1. The Kier molecular flexibility index (Phi) is 6.86. The third-order valence-corrected chi connectivity index (χ3v) is 8.77. The summed E-state index contributed by atoms with van der Waals surface area (Å²) in [6.07, 6.45) is 1.76. The molecule has 0 saturated carbocycles. The van der Waals surface area contributed by atoms with Crippen molar-refractivity contribution in [1.29, 1.82) is 0 Å². The molecule has 0 aliphatic heterocycles. The number of imidazole rings is 1. The molecule has 5 nitrogen and oxygen atoms in total. The number of furan rings is 1. The van der Waals surface area contributed by atoms with Crippen LogP contribution in [0.15, 0.2) is 150 Å². The molecule has 0 amide bonds. The Hall–Kier alpha value is -5.77. The molecule has 238 valence electrons. The first-order valence-electron chi connectivity index (χ1n) is 17.1. The van der Waals surface area contributed by atoms with Gasteiger partial charge in [0.2, 0.25) is 0 Å². The van der Waals surface area contributed by atoms with Crippen molar-refractivity contribution in [1.82, 2.24) is 14.5 Å². The molecule has 3 aromatic heterocycles. The minimum Gasteiger partial charge on any atom is -0.507 e. The predicted molar refractivity (Wildman–Crippen MR) is 193 cm³/mol. The fraction of sp³-hybridized carbons (Fsp3) is 0.0233. The Balaban J connectivity index is 0.00000387. The Morgan fingerprint density at radius 3 is 2.37 bits per heavy atom. The first-order chi connectivity index (χ1) is 24.8. The van der Waals surface area contributed by atoms with E-state index in [4.69, 9.17) is 13.5 Å². The molecule has 6 heteroatoms. The van der Waals surface area contributed by atoms with Crippen molar-refractivity contribution in [3.05, 3.63) is 157 Å². The Bertz CT molecular complexity index is 2760. The van der Waals surface area contributed by atoms with Crippen molar-refractivity contribution in [3.63, 3.8) is 0 Å². The van der Waals surface area contributed by atoms with Crippen LogP contribution >= 0.6 is 0 Å². The van der Waals surface area contributed by atoms with E-state index in [0.717, 1.165) is 61.1 Å². The van der Waals surface area contributed by atoms with Gasteiger partial charge in [-0.3, -0.25) is 9.55 Å². The second-order valence-electron chi connectivity index (χ2n) is 11.7. The normalized spacial score (nSPS) is 12.4. The average Bonchev–Trinajstić information content (AvgIpc) is 3.73. The van der Waals surface area contributed by atoms with Crippen molar-refractivity contribution in [2.75, 3.05) is 0 Å². The van der Waals surface area contributed by atoms with E-state index in [1.807, 2.05) is 114 Å². The molecule has 0 aliphatic rings. The van der Waals surface area contributed by atoms with Crippen molar-refractivity contribution in [3.8, 4) is 56.3 Å². The molecular weight excluding hydrogens is 786 g/mol. The van der Waals surface area contributed by atoms with E-state index in [1.54, 1.807) is 30.5 Å². The van der Waals surface area contributed by atoms with Crippen LogP contribution < -0.4 is 0 Å². The van der Waals surface area contributed by atoms with E-state index >= 15 is 0 Å². The molecular formula is C43H28N3O2Pt-. The van der Waals surface area contributed by atoms with Gasteiger partial charge in [0.25, 0.3) is 0 Å². The Morgan fingerprint density at radius 1 is 0.735 bits per heavy atom. The summed E-state index contributed by atoms with van der Waals surface area (Å²) < 4.78 is 32.9. The summed E-state index contributed by atoms with van der Waals surface area (Å²) in [5.41, 5.74) is 9.10. The van der Waals surface area contributed by atoms with E-state index in [2.05, 4.69) is 17.1 Å². The molecule has 0 bridgehead atoms. The summed E-state index contributed by atoms with van der Waals surface area (Å²) in [7, 11) is 0. The molecule has 0 atom stereocenters. The van der Waals surface area contributed by atoms with Crippen LogP contribution in [-0.2, 0) is 21.1 Å². The number of nitrogens with zero attached hydrogens (tertiary/aromatic N) is 3. The van der Waals surface area contributed by atoms with Gasteiger partial charge in [-0.25, -0.2) is 4.98 Å². The van der Waals surface area contributed by atoms with Crippen LogP contribution in [0.3, 0.4) is 0 Å². The summed E-state index contributed by atoms with van der Waals surface area (Å²) in [5.74, 6) is 0.584. The van der Waals surface area contributed by atoms with Crippen LogP contribution in [0.5, 0.6) is 5.75 Å². The van der Waals surface area contributed by atoms with E-state index in [-0.39, 0.29) is 32.4 Å². The molecule has 0 saturated heterocycles. The van der Waals surface area contributed by atoms with Gasteiger partial charge >= 0.3 is 0 Å². The van der Waals surface area contributed by atoms with Gasteiger partial charge in [0.15, 0.2) is 0 Å². The largest absolute Gasteiger partial charge is 0.507 e. The number of hydrogen-bond donors (Lipinski definition) is 1. The van der Waals surface area contributed by atoms with Crippen LogP contribution in [0.2, 0.25) is 0 Å². The van der Waals surface area contributed by atoms with Gasteiger partial charge < -0.3 is 9.52 Å². The van der Waals surface area contributed by atoms with Crippen molar-refractivity contribution in [2.24, 2.45) is 0 Å². The zero-order valence-electron chi connectivity index (χ0n) is 28.9. The molecule has 49 heavy (non-hydrogen) atoms. The van der Waals surface area contributed by atoms with Crippen molar-refractivity contribution in [2.45, 2.75) is 6.85 Å². The number of hydrogen-bond acceptors (Lipinski definition) is 4. The number of aromatic nitrogens is 3. The minimum absolute atomic E-state index is 0. The third-order valence-electron chi connectivity index (χ3n) is 8.77. The monoisotopic (exact) mass is 816 g/mol. The van der Waals surface area contributed by atoms with Crippen molar-refractivity contribution < 1.29 is 34.7 Å². The van der Waals surface area contributed by atoms with Gasteiger partial charge in [0, 0.05) is 48.0 Å². The molecule has 1 N–H and O–H groups in total. The number of phenolic OH excluding ortho intramolecular Hbond substituents is 1. The van der Waals surface area contributed by atoms with Crippen molar-refractivity contribution >= 4 is 33.0 Å². The second kappa shape index (κ2) is 12.4. The first-order valence-corrected chi connectivity index (χ1v) is 15.6. The van der Waals surface area contributed by atoms with Gasteiger partial charge in [-0.1, -0.05) is 108 Å². The summed E-state index contributed by atoms with van der Waals surface area (Å²) >= 11 is 0. The van der Waals surface area contributed by atoms with E-state index in [1.165, 1.54) is 0 Å². The Labute approximate surface area is 301 Å². The van der Waals surface area contributed by atoms with Crippen LogP contribution in [0.25, 0.3) is 83.6 Å². The zero-order chi connectivity index (χ0) is 34.7. The topological polar surface area (TPSA) is 64.1 Å². The summed E-state index contributed by atoms with van der Waals surface area (Å²) in [6.45, 7) is -2.30. The third kappa shape index (κ3) is 5.15. The number of aromatic hydroxyl groups is 1. The molecule has 0 fully saturated rings.